The van der Waals surface area contributed by atoms with Crippen LogP contribution in [-0.4, -0.2) is 46.3 Å². The highest BCUT2D eigenvalue weighted by atomic mass is 16.5. The van der Waals surface area contributed by atoms with E-state index in [1.54, 1.807) is 31.0 Å². The van der Waals surface area contributed by atoms with Crippen molar-refractivity contribution in [1.29, 1.82) is 0 Å². The molecule has 0 aliphatic carbocycles. The normalized spacial score (nSPS) is 10.1. The van der Waals surface area contributed by atoms with Gasteiger partial charge in [0, 0.05) is 44.6 Å². The average Bonchev–Trinajstić information content (AvgIpc) is 2.83. The van der Waals surface area contributed by atoms with Crippen molar-refractivity contribution in [2.75, 3.05) is 37.0 Å². The van der Waals surface area contributed by atoms with E-state index in [4.69, 9.17) is 9.72 Å². The van der Waals surface area contributed by atoms with Gasteiger partial charge in [0.25, 0.3) is 5.56 Å². The van der Waals surface area contributed by atoms with Gasteiger partial charge in [-0.25, -0.2) is 15.0 Å². The summed E-state index contributed by atoms with van der Waals surface area (Å²) in [5, 5.41) is 3.40. The zero-order chi connectivity index (χ0) is 22.6. The molecule has 0 spiro atoms. The largest absolute Gasteiger partial charge is 0.497 e. The molecule has 0 atom stereocenters. The van der Waals surface area contributed by atoms with Crippen molar-refractivity contribution < 1.29 is 4.74 Å². The third-order valence-corrected chi connectivity index (χ3v) is 4.64. The number of rotatable bonds is 9. The Balaban J connectivity index is 0.00000166. The molecular formula is C23H32N6O2. The Kier molecular flexibility index (Phi) is 9.48. The molecule has 1 N–H and O–H groups in total. The maximum atomic E-state index is 12.5. The van der Waals surface area contributed by atoms with Gasteiger partial charge in [-0.15, -0.1) is 0 Å². The first-order chi connectivity index (χ1) is 15.1. The monoisotopic (exact) mass is 424 g/mol. The van der Waals surface area contributed by atoms with Gasteiger partial charge in [-0.2, -0.15) is 0 Å². The van der Waals surface area contributed by atoms with Crippen LogP contribution in [0.3, 0.4) is 0 Å². The number of hydrogen-bond acceptors (Lipinski definition) is 7. The van der Waals surface area contributed by atoms with Gasteiger partial charge in [-0.3, -0.25) is 9.36 Å². The summed E-state index contributed by atoms with van der Waals surface area (Å²) in [6.45, 7) is 8.38. The highest BCUT2D eigenvalue weighted by Gasteiger charge is 2.14. The van der Waals surface area contributed by atoms with Crippen molar-refractivity contribution in [3.05, 3.63) is 59.3 Å². The van der Waals surface area contributed by atoms with Crippen LogP contribution in [0.2, 0.25) is 0 Å². The van der Waals surface area contributed by atoms with Gasteiger partial charge in [0.05, 0.1) is 18.5 Å². The molecule has 166 valence electrons. The van der Waals surface area contributed by atoms with Gasteiger partial charge < -0.3 is 15.0 Å². The molecule has 0 aliphatic heterocycles. The van der Waals surface area contributed by atoms with Gasteiger partial charge in [-0.05, 0) is 43.7 Å². The van der Waals surface area contributed by atoms with Crippen LogP contribution >= 0.6 is 0 Å². The molecule has 8 heteroatoms. The minimum absolute atomic E-state index is 0.113. The minimum atomic E-state index is -0.113. The van der Waals surface area contributed by atoms with E-state index in [9.17, 15) is 4.79 Å². The van der Waals surface area contributed by atoms with Crippen LogP contribution < -0.4 is 20.5 Å². The van der Waals surface area contributed by atoms with Gasteiger partial charge in [0.15, 0.2) is 0 Å². The third-order valence-electron chi connectivity index (χ3n) is 4.64. The number of anilines is 2. The van der Waals surface area contributed by atoms with E-state index in [1.165, 1.54) is 12.4 Å². The van der Waals surface area contributed by atoms with Gasteiger partial charge in [-0.1, -0.05) is 13.8 Å². The Morgan fingerprint density at radius 3 is 2.48 bits per heavy atom. The van der Waals surface area contributed by atoms with Crippen LogP contribution in [0, 0.1) is 0 Å². The lowest BCUT2D eigenvalue weighted by atomic mass is 10.3. The summed E-state index contributed by atoms with van der Waals surface area (Å²) < 4.78 is 6.75. The van der Waals surface area contributed by atoms with Crippen molar-refractivity contribution in [2.24, 2.45) is 7.05 Å². The molecule has 0 saturated carbocycles. The highest BCUT2D eigenvalue weighted by Crippen LogP contribution is 2.17. The Morgan fingerprint density at radius 1 is 1.13 bits per heavy atom. The highest BCUT2D eigenvalue weighted by molar-refractivity contribution is 5.55. The molecule has 0 aliphatic rings. The van der Waals surface area contributed by atoms with E-state index in [2.05, 4.69) is 27.1 Å². The second kappa shape index (κ2) is 12.3. The quantitative estimate of drug-likeness (QED) is 0.525. The van der Waals surface area contributed by atoms with Crippen LogP contribution in [0.15, 0.2) is 53.7 Å². The van der Waals surface area contributed by atoms with Gasteiger partial charge in [0.2, 0.25) is 5.95 Å². The van der Waals surface area contributed by atoms with Gasteiger partial charge >= 0.3 is 0 Å². The lowest BCUT2D eigenvalue weighted by Gasteiger charge is -2.24. The van der Waals surface area contributed by atoms with E-state index in [-0.39, 0.29) is 5.56 Å². The predicted molar refractivity (Wildman–Crippen MR) is 126 cm³/mol. The molecule has 0 saturated heterocycles. The maximum absolute atomic E-state index is 12.5. The Bertz CT molecular complexity index is 974. The van der Waals surface area contributed by atoms with Crippen LogP contribution in [0.4, 0.5) is 11.6 Å². The lowest BCUT2D eigenvalue weighted by molar-refractivity contribution is 0.415. The molecule has 31 heavy (non-hydrogen) atoms. The molecule has 0 amide bonds. The zero-order valence-corrected chi connectivity index (χ0v) is 19.0. The Hall–Kier alpha value is -3.42. The van der Waals surface area contributed by atoms with Crippen LogP contribution in [-0.2, 0) is 7.05 Å². The number of ether oxygens (including phenoxy) is 1. The zero-order valence-electron chi connectivity index (χ0n) is 19.0. The summed E-state index contributed by atoms with van der Waals surface area (Å²) >= 11 is 0. The first kappa shape index (κ1) is 23.9. The van der Waals surface area contributed by atoms with Crippen molar-refractivity contribution >= 4 is 11.6 Å². The third kappa shape index (κ3) is 6.53. The maximum Gasteiger partial charge on any atom is 0.255 e. The Labute approximate surface area is 184 Å². The van der Waals surface area contributed by atoms with Crippen molar-refractivity contribution in [2.45, 2.75) is 27.2 Å². The first-order valence-corrected chi connectivity index (χ1v) is 10.6. The lowest BCUT2D eigenvalue weighted by Crippen LogP contribution is -2.33. The molecule has 0 unspecified atom stereocenters. The van der Waals surface area contributed by atoms with E-state index < -0.39 is 0 Å². The smallest absolute Gasteiger partial charge is 0.255 e. The number of aromatic nitrogens is 4. The van der Waals surface area contributed by atoms with E-state index >= 15 is 0 Å². The summed E-state index contributed by atoms with van der Waals surface area (Å²) in [7, 11) is 3.40. The summed E-state index contributed by atoms with van der Waals surface area (Å²) in [6.07, 6.45) is 3.99. The number of methoxy groups -OCH3 is 1. The number of nitrogens with zero attached hydrogens (tertiary/aromatic N) is 5. The Morgan fingerprint density at radius 2 is 1.87 bits per heavy atom. The summed E-state index contributed by atoms with van der Waals surface area (Å²) in [4.78, 5) is 27.4. The van der Waals surface area contributed by atoms with Crippen molar-refractivity contribution in [3.63, 3.8) is 0 Å². The predicted octanol–water partition coefficient (Wildman–Crippen LogP) is 3.60. The van der Waals surface area contributed by atoms with Crippen LogP contribution in [0.25, 0.3) is 11.4 Å². The first-order valence-electron chi connectivity index (χ1n) is 10.6. The molecule has 0 bridgehead atoms. The van der Waals surface area contributed by atoms with Gasteiger partial charge in [0.1, 0.15) is 12.1 Å². The van der Waals surface area contributed by atoms with E-state index in [0.29, 0.717) is 17.3 Å². The summed E-state index contributed by atoms with van der Waals surface area (Å²) in [6, 6.07) is 11.1. The molecule has 3 aromatic rings. The molecule has 3 rings (SSSR count). The number of nitrogens with one attached hydrogen (secondary N) is 1. The van der Waals surface area contributed by atoms with Crippen LogP contribution in [0.1, 0.15) is 27.2 Å². The number of hydrogen-bond donors (Lipinski definition) is 1. The van der Waals surface area contributed by atoms with E-state index in [1.807, 2.05) is 38.1 Å². The van der Waals surface area contributed by atoms with Crippen molar-refractivity contribution in [1.82, 2.24) is 19.5 Å². The fourth-order valence-electron chi connectivity index (χ4n) is 2.99. The molecule has 8 nitrogen and oxygen atoms in total. The average molecular weight is 425 g/mol. The number of benzene rings is 1. The summed E-state index contributed by atoms with van der Waals surface area (Å²) in [5.74, 6) is 1.47. The van der Waals surface area contributed by atoms with E-state index in [0.717, 1.165) is 37.5 Å². The molecule has 2 heterocycles. The molecule has 0 fully saturated rings. The molecule has 1 aromatic carbocycles. The van der Waals surface area contributed by atoms with Crippen molar-refractivity contribution in [3.8, 4) is 17.1 Å². The molecule has 0 radical (unpaired) electrons. The minimum Gasteiger partial charge on any atom is -0.497 e. The topological polar surface area (TPSA) is 85.2 Å². The second-order valence-electron chi connectivity index (χ2n) is 6.52. The molecule has 2 aromatic heterocycles. The van der Waals surface area contributed by atoms with Crippen LogP contribution in [0.5, 0.6) is 5.75 Å². The SMILES string of the molecule is CC.CCN(CCCNc1ccc(OC)cc1)c1nc(-c2ccncn2)cc(=O)n1C. The molecular weight excluding hydrogens is 392 g/mol. The standard InChI is InChI=1S/C21H26N6O2.C2H6/c1-4-27(13-5-11-23-16-6-8-17(29-3)9-7-16)21-25-19(14-20(28)26(21)2)18-10-12-22-15-24-18;1-2/h6-10,12,14-15,23H,4-5,11,13H2,1-3H3;1-2H3. The summed E-state index contributed by atoms with van der Waals surface area (Å²) in [5.41, 5.74) is 2.13. The fraction of sp³-hybridized carbons (Fsp3) is 0.391. The second-order valence-corrected chi connectivity index (χ2v) is 6.52. The fourth-order valence-corrected chi connectivity index (χ4v) is 2.99.